The number of hydrogen-bond donors (Lipinski definition) is 1. The molecule has 1 rings (SSSR count). The minimum atomic E-state index is -0.262. The molecule has 0 aliphatic carbocycles. The molecule has 0 amide bonds. The summed E-state index contributed by atoms with van der Waals surface area (Å²) in [6.45, 7) is 18.6. The predicted octanol–water partition coefficient (Wildman–Crippen LogP) is 2.19. The Morgan fingerprint density at radius 1 is 1.11 bits per heavy atom. The molecule has 18 heavy (non-hydrogen) atoms. The molecule has 0 spiro atoms. The molecule has 3 nitrogen and oxygen atoms in total. The van der Waals surface area contributed by atoms with Gasteiger partial charge in [0.15, 0.2) is 0 Å². The van der Waals surface area contributed by atoms with Gasteiger partial charge in [-0.25, -0.2) is 0 Å². The van der Waals surface area contributed by atoms with E-state index in [1.165, 1.54) is 0 Å². The Kier molecular flexibility index (Phi) is 4.76. The fourth-order valence-electron chi connectivity index (χ4n) is 2.94. The van der Waals surface area contributed by atoms with E-state index in [1.54, 1.807) is 0 Å². The van der Waals surface area contributed by atoms with Gasteiger partial charge >= 0.3 is 0 Å². The molecule has 2 atom stereocenters. The first-order chi connectivity index (χ1) is 8.24. The second-order valence-electron chi connectivity index (χ2n) is 6.24. The molecule has 0 aromatic heterocycles. The Hall–Kier alpha value is -0.640. The van der Waals surface area contributed by atoms with E-state index in [0.717, 1.165) is 19.6 Å². The molecule has 0 radical (unpaired) electrons. The number of rotatable bonds is 6. The Labute approximate surface area is 112 Å². The molecule has 0 saturated carbocycles. The van der Waals surface area contributed by atoms with Gasteiger partial charge in [0.25, 0.3) is 0 Å². The van der Waals surface area contributed by atoms with Crippen molar-refractivity contribution in [2.75, 3.05) is 19.6 Å². The molecule has 0 aromatic carbocycles. The van der Waals surface area contributed by atoms with Gasteiger partial charge in [-0.2, -0.15) is 0 Å². The highest BCUT2D eigenvalue weighted by molar-refractivity contribution is 5.05. The highest BCUT2D eigenvalue weighted by Crippen LogP contribution is 2.41. The lowest BCUT2D eigenvalue weighted by molar-refractivity contribution is -0.0781. The quantitative estimate of drug-likeness (QED) is 0.737. The van der Waals surface area contributed by atoms with E-state index in [-0.39, 0.29) is 17.2 Å². The topological polar surface area (TPSA) is 38.5 Å². The molecule has 1 aliphatic heterocycles. The zero-order chi connectivity index (χ0) is 14.0. The number of nitrogens with zero attached hydrogens (tertiary/aromatic N) is 1. The van der Waals surface area contributed by atoms with E-state index in [2.05, 4.69) is 45.8 Å². The molecule has 2 N–H and O–H groups in total. The summed E-state index contributed by atoms with van der Waals surface area (Å²) in [6, 6.07) is 0.0460. The molecule has 1 saturated heterocycles. The van der Waals surface area contributed by atoms with Crippen LogP contribution in [0.15, 0.2) is 25.3 Å². The molecule has 3 heteroatoms. The van der Waals surface area contributed by atoms with Crippen molar-refractivity contribution < 1.29 is 4.74 Å². The third kappa shape index (κ3) is 3.22. The summed E-state index contributed by atoms with van der Waals surface area (Å²) in [7, 11) is 0. The minimum absolute atomic E-state index is 0.0460. The molecule has 1 aliphatic rings. The second-order valence-corrected chi connectivity index (χ2v) is 6.24. The molecule has 1 heterocycles. The zero-order valence-corrected chi connectivity index (χ0v) is 12.3. The molecule has 104 valence electrons. The van der Waals surface area contributed by atoms with Gasteiger partial charge in [-0.15, -0.1) is 13.2 Å². The zero-order valence-electron chi connectivity index (χ0n) is 12.3. The molecule has 0 aromatic rings. The lowest BCUT2D eigenvalue weighted by Gasteiger charge is -2.32. The van der Waals surface area contributed by atoms with Gasteiger partial charge in [-0.05, 0) is 27.7 Å². The van der Waals surface area contributed by atoms with Gasteiger partial charge in [0.2, 0.25) is 0 Å². The first kappa shape index (κ1) is 15.4. The van der Waals surface area contributed by atoms with E-state index in [9.17, 15) is 0 Å². The van der Waals surface area contributed by atoms with Crippen molar-refractivity contribution in [1.82, 2.24) is 4.90 Å². The summed E-state index contributed by atoms with van der Waals surface area (Å²) in [5.41, 5.74) is 5.92. The highest BCUT2D eigenvalue weighted by atomic mass is 16.5. The van der Waals surface area contributed by atoms with E-state index in [0.29, 0.717) is 5.92 Å². The first-order valence-electron chi connectivity index (χ1n) is 6.64. The van der Waals surface area contributed by atoms with Crippen LogP contribution in [0.5, 0.6) is 0 Å². The van der Waals surface area contributed by atoms with E-state index in [4.69, 9.17) is 10.5 Å². The van der Waals surface area contributed by atoms with Gasteiger partial charge in [0.05, 0.1) is 11.2 Å². The number of ether oxygens (including phenoxy) is 1. The molecule has 1 fully saturated rings. The summed E-state index contributed by atoms with van der Waals surface area (Å²) in [6.07, 6.45) is 3.84. The first-order valence-corrected chi connectivity index (χ1v) is 6.64. The molecular weight excluding hydrogens is 224 g/mol. The van der Waals surface area contributed by atoms with E-state index < -0.39 is 0 Å². The summed E-state index contributed by atoms with van der Waals surface area (Å²) in [5, 5.41) is 0. The maximum atomic E-state index is 6.37. The van der Waals surface area contributed by atoms with Crippen LogP contribution in [0.1, 0.15) is 27.7 Å². The Bertz CT molecular complexity index is 300. The Morgan fingerprint density at radius 2 is 1.61 bits per heavy atom. The Morgan fingerprint density at radius 3 is 1.94 bits per heavy atom. The van der Waals surface area contributed by atoms with E-state index >= 15 is 0 Å². The van der Waals surface area contributed by atoms with Crippen molar-refractivity contribution in [3.05, 3.63) is 25.3 Å². The fraction of sp³-hybridized carbons (Fsp3) is 0.733. The Balaban J connectivity index is 2.80. The van der Waals surface area contributed by atoms with Crippen LogP contribution in [0.2, 0.25) is 0 Å². The lowest BCUT2D eigenvalue weighted by Crippen LogP contribution is -2.48. The van der Waals surface area contributed by atoms with Gasteiger partial charge in [0.1, 0.15) is 0 Å². The van der Waals surface area contributed by atoms with Crippen molar-refractivity contribution in [3.63, 3.8) is 0 Å². The average Bonchev–Trinajstić information content (AvgIpc) is 2.37. The van der Waals surface area contributed by atoms with Gasteiger partial charge < -0.3 is 10.5 Å². The van der Waals surface area contributed by atoms with Crippen LogP contribution >= 0.6 is 0 Å². The highest BCUT2D eigenvalue weighted by Gasteiger charge is 2.52. The third-order valence-electron chi connectivity index (χ3n) is 3.88. The van der Waals surface area contributed by atoms with Crippen molar-refractivity contribution in [1.29, 1.82) is 0 Å². The largest absolute Gasteiger partial charge is 0.368 e. The third-order valence-corrected chi connectivity index (χ3v) is 3.88. The SMILES string of the molecule is C=CCN(CC=C)CC1C(N)C(C)(C)OC1(C)C. The standard InChI is InChI=1S/C15H28N2O/c1-7-9-17(10-8-2)11-12-13(16)15(5,6)18-14(12,3)4/h7-8,12-13H,1-2,9-11,16H2,3-6H3. The number of nitrogens with two attached hydrogens (primary N) is 1. The minimum Gasteiger partial charge on any atom is -0.368 e. The van der Waals surface area contributed by atoms with Crippen LogP contribution in [0.4, 0.5) is 0 Å². The van der Waals surface area contributed by atoms with Crippen LogP contribution in [-0.4, -0.2) is 41.8 Å². The van der Waals surface area contributed by atoms with Crippen LogP contribution in [0.25, 0.3) is 0 Å². The maximum absolute atomic E-state index is 6.37. The van der Waals surface area contributed by atoms with Crippen LogP contribution in [-0.2, 0) is 4.74 Å². The summed E-state index contributed by atoms with van der Waals surface area (Å²) >= 11 is 0. The fourth-order valence-corrected chi connectivity index (χ4v) is 2.94. The second kappa shape index (κ2) is 5.55. The van der Waals surface area contributed by atoms with Crippen molar-refractivity contribution in [2.45, 2.75) is 44.9 Å². The van der Waals surface area contributed by atoms with Gasteiger partial charge in [-0.3, -0.25) is 4.90 Å². The normalized spacial score (nSPS) is 29.4. The average molecular weight is 252 g/mol. The van der Waals surface area contributed by atoms with Crippen molar-refractivity contribution in [3.8, 4) is 0 Å². The molecule has 0 bridgehead atoms. The van der Waals surface area contributed by atoms with E-state index in [1.807, 2.05) is 12.2 Å². The molecule has 2 unspecified atom stereocenters. The van der Waals surface area contributed by atoms with Crippen LogP contribution < -0.4 is 5.73 Å². The van der Waals surface area contributed by atoms with Gasteiger partial charge in [-0.1, -0.05) is 12.2 Å². The summed E-state index contributed by atoms with van der Waals surface area (Å²) in [5.74, 6) is 0.312. The molecular formula is C15H28N2O. The van der Waals surface area contributed by atoms with Crippen LogP contribution in [0.3, 0.4) is 0 Å². The maximum Gasteiger partial charge on any atom is 0.0788 e. The summed E-state index contributed by atoms with van der Waals surface area (Å²) < 4.78 is 6.11. The van der Waals surface area contributed by atoms with Crippen molar-refractivity contribution in [2.24, 2.45) is 11.7 Å². The van der Waals surface area contributed by atoms with Gasteiger partial charge in [0, 0.05) is 31.6 Å². The smallest absolute Gasteiger partial charge is 0.0788 e. The number of hydrogen-bond acceptors (Lipinski definition) is 3. The van der Waals surface area contributed by atoms with Crippen molar-refractivity contribution >= 4 is 0 Å². The van der Waals surface area contributed by atoms with Crippen LogP contribution in [0, 0.1) is 5.92 Å². The monoisotopic (exact) mass is 252 g/mol. The summed E-state index contributed by atoms with van der Waals surface area (Å²) in [4.78, 5) is 2.30. The lowest BCUT2D eigenvalue weighted by atomic mass is 9.82. The predicted molar refractivity (Wildman–Crippen MR) is 77.5 cm³/mol.